The summed E-state index contributed by atoms with van der Waals surface area (Å²) in [4.78, 5) is 79.9. The number of pyridine rings is 1. The smallest absolute Gasteiger partial charge is 0.289 e. The van der Waals surface area contributed by atoms with Crippen LogP contribution < -0.4 is 25.4 Å². The number of fused-ring (bicyclic) bond motifs is 1. The molecule has 17 heteroatoms. The highest BCUT2D eigenvalue weighted by Gasteiger charge is 2.47. The van der Waals surface area contributed by atoms with E-state index in [2.05, 4.69) is 25.7 Å². The Morgan fingerprint density at radius 1 is 1.02 bits per heavy atom. The Kier molecular flexibility index (Phi) is 12.9. The number of ether oxygens (including phenoxy) is 1. The molecule has 0 bridgehead atoms. The van der Waals surface area contributed by atoms with Crippen LogP contribution in [0.1, 0.15) is 97.5 Å². The molecule has 2 aromatic rings. The van der Waals surface area contributed by atoms with Crippen LogP contribution in [0, 0.1) is 11.3 Å². The summed E-state index contributed by atoms with van der Waals surface area (Å²) in [5.74, 6) is -3.16. The number of amidine groups is 1. The van der Waals surface area contributed by atoms with Crippen molar-refractivity contribution in [1.29, 1.82) is 0 Å². The number of nitrogens with one attached hydrogen (secondary N) is 4. The number of carbonyl (C=O) groups is 5. The molecule has 0 radical (unpaired) electrons. The minimum atomic E-state index is -3.87. The first-order chi connectivity index (χ1) is 27.0. The van der Waals surface area contributed by atoms with Gasteiger partial charge in [-0.3, -0.25) is 33.7 Å². The summed E-state index contributed by atoms with van der Waals surface area (Å²) in [7, 11) is -3.87. The second-order valence-corrected chi connectivity index (χ2v) is 18.6. The van der Waals surface area contributed by atoms with E-state index in [0.717, 1.165) is 32.1 Å². The molecule has 1 aromatic heterocycles. The largest absolute Gasteiger partial charge is 0.472 e. The monoisotopic (exact) mass is 825 g/mol. The highest BCUT2D eigenvalue weighted by atomic mass is 35.5. The molecule has 15 nitrogen and oxygen atoms in total. The molecule has 4 aliphatic rings. The molecule has 1 saturated heterocycles. The van der Waals surface area contributed by atoms with Crippen LogP contribution in [0.2, 0.25) is 5.02 Å². The van der Waals surface area contributed by atoms with Crippen molar-refractivity contribution < 1.29 is 37.1 Å². The quantitative estimate of drug-likeness (QED) is 0.206. The lowest BCUT2D eigenvalue weighted by atomic mass is 9.82. The second kappa shape index (κ2) is 17.5. The first-order valence-corrected chi connectivity index (χ1v) is 21.7. The number of benzene rings is 1. The molecule has 4 amide bonds. The number of aliphatic imine (C=N–C) groups is 1. The van der Waals surface area contributed by atoms with Crippen molar-refractivity contribution in [2.45, 2.75) is 133 Å². The minimum Gasteiger partial charge on any atom is -0.472 e. The van der Waals surface area contributed by atoms with Crippen molar-refractivity contribution in [2.75, 3.05) is 6.54 Å². The average Bonchev–Trinajstić information content (AvgIpc) is 3.83. The fourth-order valence-electron chi connectivity index (χ4n) is 7.68. The number of likely N-dealkylation sites (tertiary alicyclic amines) is 1. The van der Waals surface area contributed by atoms with Crippen LogP contribution in [0.3, 0.4) is 0 Å². The molecule has 57 heavy (non-hydrogen) atoms. The second-order valence-electron chi connectivity index (χ2n) is 16.5. The van der Waals surface area contributed by atoms with Gasteiger partial charge >= 0.3 is 0 Å². The standard InChI is InChI=1S/C40H52ClN7O8S/c1-5-11-28(33(49)38(52)43-25-17-18-25)44-36(50)29-20-26(56-31-19-16-24(41)21-42-31)22-48(29)39(53)34(40(2,3)4)46-37(51)32(23-12-7-6-8-13-23)45-35-27-14-9-10-15-30(27)57(54,55)47-35/h9-10,14-16,19,21,23,25-26,28-29,32,34H,5-8,11-13,17-18,20,22H2,1-4H3,(H,43,52)(H,44,50)(H,45,47)(H,46,51)/t26-,28?,29+,32+,34-/m1/s1. The molecule has 1 unspecified atom stereocenters. The zero-order chi connectivity index (χ0) is 41.1. The van der Waals surface area contributed by atoms with Crippen LogP contribution >= 0.6 is 11.6 Å². The Morgan fingerprint density at radius 3 is 2.39 bits per heavy atom. The molecule has 2 aliphatic carbocycles. The van der Waals surface area contributed by atoms with Crippen LogP contribution in [-0.4, -0.2) is 96.4 Å². The lowest BCUT2D eigenvalue weighted by Gasteiger charge is -2.37. The van der Waals surface area contributed by atoms with Gasteiger partial charge in [0.1, 0.15) is 30.1 Å². The molecule has 2 aliphatic heterocycles. The number of nitrogens with zero attached hydrogens (tertiary/aromatic N) is 3. The van der Waals surface area contributed by atoms with Crippen LogP contribution in [0.25, 0.3) is 0 Å². The summed E-state index contributed by atoms with van der Waals surface area (Å²) in [5.41, 5.74) is -0.510. The number of hydrogen-bond acceptors (Lipinski definition) is 10. The number of sulfonamides is 1. The van der Waals surface area contributed by atoms with E-state index in [1.54, 1.807) is 51.1 Å². The summed E-state index contributed by atoms with van der Waals surface area (Å²) < 4.78 is 34.6. The summed E-state index contributed by atoms with van der Waals surface area (Å²) in [6.45, 7) is 7.17. The van der Waals surface area contributed by atoms with Gasteiger partial charge in [0.15, 0.2) is 0 Å². The van der Waals surface area contributed by atoms with Crippen molar-refractivity contribution in [2.24, 2.45) is 16.3 Å². The lowest BCUT2D eigenvalue weighted by molar-refractivity contribution is -0.145. The van der Waals surface area contributed by atoms with E-state index < -0.39 is 75.1 Å². The van der Waals surface area contributed by atoms with Gasteiger partial charge in [-0.05, 0) is 61.6 Å². The zero-order valence-electron chi connectivity index (χ0n) is 32.8. The topological polar surface area (TPSA) is 205 Å². The van der Waals surface area contributed by atoms with Crippen molar-refractivity contribution in [3.8, 4) is 5.88 Å². The fourth-order valence-corrected chi connectivity index (χ4v) is 9.04. The van der Waals surface area contributed by atoms with E-state index >= 15 is 0 Å². The maximum Gasteiger partial charge on any atom is 0.289 e. The number of carbonyl (C=O) groups excluding carboxylic acids is 5. The number of ketones is 1. The predicted octanol–water partition coefficient (Wildman–Crippen LogP) is 3.43. The van der Waals surface area contributed by atoms with Gasteiger partial charge in [0.05, 0.1) is 22.5 Å². The maximum atomic E-state index is 14.8. The third-order valence-corrected chi connectivity index (χ3v) is 12.5. The van der Waals surface area contributed by atoms with Gasteiger partial charge in [-0.25, -0.2) is 13.4 Å². The molecule has 4 N–H and O–H groups in total. The average molecular weight is 826 g/mol. The summed E-state index contributed by atoms with van der Waals surface area (Å²) >= 11 is 6.03. The van der Waals surface area contributed by atoms with E-state index in [-0.39, 0.29) is 48.0 Å². The Balaban J connectivity index is 1.28. The number of rotatable bonds is 14. The van der Waals surface area contributed by atoms with Gasteiger partial charge in [0, 0.05) is 30.3 Å². The molecular weight excluding hydrogens is 774 g/mol. The molecule has 3 fully saturated rings. The number of hydrogen-bond donors (Lipinski definition) is 4. The number of amides is 4. The van der Waals surface area contributed by atoms with Gasteiger partial charge in [-0.15, -0.1) is 0 Å². The SMILES string of the molecule is CCCC(NC(=O)[C@@H]1C[C@@H](Oc2ccc(Cl)cn2)CN1C(=O)[C@@H](NC(=O)[C@@H](N=C1NS(=O)(=O)c2ccccc21)C1CCCCC1)C(C)(C)C)C(=O)C(=O)NC1CC1. The molecule has 3 heterocycles. The molecule has 2 saturated carbocycles. The van der Waals surface area contributed by atoms with Gasteiger partial charge in [-0.2, -0.15) is 0 Å². The van der Waals surface area contributed by atoms with E-state index in [9.17, 15) is 32.4 Å². The Labute approximate surface area is 338 Å². The third-order valence-electron chi connectivity index (χ3n) is 10.9. The first-order valence-electron chi connectivity index (χ1n) is 19.8. The molecule has 308 valence electrons. The van der Waals surface area contributed by atoms with Crippen LogP contribution in [0.4, 0.5) is 0 Å². The normalized spacial score (nSPS) is 22.8. The molecule has 6 rings (SSSR count). The van der Waals surface area contributed by atoms with Crippen LogP contribution in [-0.2, 0) is 34.0 Å². The molecule has 1 aromatic carbocycles. The van der Waals surface area contributed by atoms with Crippen molar-refractivity contribution >= 4 is 56.9 Å². The van der Waals surface area contributed by atoms with Gasteiger partial charge in [0.25, 0.3) is 15.9 Å². The van der Waals surface area contributed by atoms with Crippen LogP contribution in [0.15, 0.2) is 52.5 Å². The van der Waals surface area contributed by atoms with Crippen LogP contribution in [0.5, 0.6) is 5.88 Å². The van der Waals surface area contributed by atoms with Crippen molar-refractivity contribution in [3.63, 3.8) is 0 Å². The Bertz CT molecular complexity index is 1990. The molecular formula is C40H52ClN7O8S. The number of aromatic nitrogens is 1. The van der Waals surface area contributed by atoms with E-state index in [0.29, 0.717) is 29.8 Å². The van der Waals surface area contributed by atoms with Gasteiger partial charge in [-0.1, -0.05) is 77.1 Å². The molecule has 0 spiro atoms. The van der Waals surface area contributed by atoms with E-state index in [1.165, 1.54) is 17.2 Å². The van der Waals surface area contributed by atoms with Crippen molar-refractivity contribution in [3.05, 3.63) is 53.2 Å². The summed E-state index contributed by atoms with van der Waals surface area (Å²) in [6, 6.07) is 5.15. The van der Waals surface area contributed by atoms with E-state index in [4.69, 9.17) is 21.3 Å². The minimum absolute atomic E-state index is 0.0336. The first kappa shape index (κ1) is 42.0. The predicted molar refractivity (Wildman–Crippen MR) is 212 cm³/mol. The van der Waals surface area contributed by atoms with Gasteiger partial charge in [0.2, 0.25) is 29.4 Å². The maximum absolute atomic E-state index is 14.8. The summed E-state index contributed by atoms with van der Waals surface area (Å²) in [5, 5.41) is 8.82. The van der Waals surface area contributed by atoms with Crippen molar-refractivity contribution in [1.82, 2.24) is 30.6 Å². The highest BCUT2D eigenvalue weighted by Crippen LogP contribution is 2.32. The number of Topliss-reactive ketones (excluding diaryl/α,β-unsaturated/α-hetero) is 1. The third kappa shape index (κ3) is 10.1. The highest BCUT2D eigenvalue weighted by molar-refractivity contribution is 7.90. The Hall–Kier alpha value is -4.57. The van der Waals surface area contributed by atoms with Gasteiger partial charge < -0.3 is 25.6 Å². The zero-order valence-corrected chi connectivity index (χ0v) is 34.3. The molecule has 5 atom stereocenters. The van der Waals surface area contributed by atoms with E-state index in [1.807, 2.05) is 6.92 Å². The Morgan fingerprint density at radius 2 is 1.74 bits per heavy atom. The summed E-state index contributed by atoms with van der Waals surface area (Å²) in [6.07, 6.45) is 7.19. The number of halogens is 1. The lowest BCUT2D eigenvalue weighted by Crippen LogP contribution is -2.60. The fraction of sp³-hybridized carbons (Fsp3) is 0.575.